The van der Waals surface area contributed by atoms with E-state index < -0.39 is 47.0 Å². The summed E-state index contributed by atoms with van der Waals surface area (Å²) in [5, 5.41) is 41.5. The van der Waals surface area contributed by atoms with Gasteiger partial charge in [-0.3, -0.25) is 57.7 Å². The molecule has 636 valence electrons. The molecule has 3 aliphatic heterocycles. The van der Waals surface area contributed by atoms with Gasteiger partial charge >= 0.3 is 29.8 Å². The van der Waals surface area contributed by atoms with Gasteiger partial charge in [0.25, 0.3) is 0 Å². The molecular weight excluding hydrogens is 1510 g/mol. The standard InChI is InChI=1S/C41H56N6O9.C38H52N6O7.C6H8O4/c1-5-55-40(54)41(3,4)24-32(28-13-8-6-9-14-28)47-26-31(43-44-47)25-45(21-18-33(49)42-19-12-22-56-39(53)27(2)48)34(50)15-10-7-11-20-46-37(51)35-29-16-17-30(23-29)36(35)38(46)52;1-4-51-37(50)38(2,3)23-30(26-12-7-5-8-13-26)44-25-29(40-41-44)24-42(20-17-31(46)39-18-11-21-45)32(47)14-9-6-10-19-43-35(48)33-27-15-16-28(22-27)34(33)36(43)49;1-3-5(7)10-4(2)6(8)9-3/h6,8-9,13-14,16-17,26-27,29-30,32,35-36,48H,5,7,10-12,15,18-25H2,1-4H3,(H,42,49);5,7-8,12-13,15-16,25,27-28,30,33-34,45H,4,6,9-11,14,17-24H2,1-3H3,(H,39,46);3-4H,1-2H3/t27?,29-,30+,32?,35+,36-;27-,28+,30?,33+,34-;. The number of aromatic nitrogens is 6. The third-order valence-corrected chi connectivity index (χ3v) is 22.6. The Morgan fingerprint density at radius 3 is 1.26 bits per heavy atom. The van der Waals surface area contributed by atoms with E-state index >= 15 is 0 Å². The summed E-state index contributed by atoms with van der Waals surface area (Å²) < 4.78 is 28.2. The van der Waals surface area contributed by atoms with Gasteiger partial charge in [-0.15, -0.1) is 10.2 Å². The van der Waals surface area contributed by atoms with Crippen LogP contribution in [-0.4, -0.2) is 221 Å². The quantitative estimate of drug-likeness (QED) is 0.0118. The van der Waals surface area contributed by atoms with Crippen LogP contribution in [0.5, 0.6) is 0 Å². The summed E-state index contributed by atoms with van der Waals surface area (Å²) in [5.74, 6) is -3.49. The molecule has 0 radical (unpaired) electrons. The van der Waals surface area contributed by atoms with Gasteiger partial charge in [0.05, 0.1) is 91.9 Å². The zero-order chi connectivity index (χ0) is 84.7. The number of carbonyl (C=O) groups excluding carboxylic acids is 13. The molecule has 32 nitrogen and oxygen atoms in total. The van der Waals surface area contributed by atoms with Crippen LogP contribution in [0.4, 0.5) is 0 Å². The summed E-state index contributed by atoms with van der Waals surface area (Å²) in [7, 11) is 0. The summed E-state index contributed by atoms with van der Waals surface area (Å²) in [6, 6.07) is 18.7. The molecule has 2 aromatic heterocycles. The fourth-order valence-corrected chi connectivity index (χ4v) is 16.2. The van der Waals surface area contributed by atoms with E-state index in [1.165, 1.54) is 30.6 Å². The van der Waals surface area contributed by atoms with E-state index in [1.807, 2.05) is 88.4 Å². The zero-order valence-electron chi connectivity index (χ0n) is 68.8. The van der Waals surface area contributed by atoms with Crippen LogP contribution in [0, 0.1) is 58.2 Å². The number of ether oxygens (including phenoxy) is 5. The van der Waals surface area contributed by atoms with Crippen molar-refractivity contribution in [3.63, 3.8) is 0 Å². The van der Waals surface area contributed by atoms with Gasteiger partial charge in [-0.2, -0.15) is 0 Å². The Bertz CT molecular complexity index is 4100. The molecule has 5 fully saturated rings. The zero-order valence-corrected chi connectivity index (χ0v) is 68.8. The number of fused-ring (bicyclic) bond motifs is 10. The van der Waals surface area contributed by atoms with E-state index in [0.29, 0.717) is 95.2 Å². The fraction of sp³-hybridized carbons (Fsp3) is 0.612. The first-order chi connectivity index (χ1) is 55.9. The Morgan fingerprint density at radius 2 is 0.906 bits per heavy atom. The summed E-state index contributed by atoms with van der Waals surface area (Å²) in [4.78, 5) is 169. The Balaban J connectivity index is 0.000000239. The van der Waals surface area contributed by atoms with Crippen molar-refractivity contribution in [3.8, 4) is 0 Å². The molecule has 4 aromatic rings. The van der Waals surface area contributed by atoms with Crippen LogP contribution in [-0.2, 0) is 99.1 Å². The molecule has 8 amide bonds. The molecule has 5 unspecified atom stereocenters. The van der Waals surface area contributed by atoms with Crippen molar-refractivity contribution in [2.75, 3.05) is 65.7 Å². The first-order valence-corrected chi connectivity index (χ1v) is 41.2. The molecule has 4 N–H and O–H groups in total. The van der Waals surface area contributed by atoms with Gasteiger partial charge < -0.3 is 54.3 Å². The second kappa shape index (κ2) is 42.7. The predicted molar refractivity (Wildman–Crippen MR) is 421 cm³/mol. The first-order valence-electron chi connectivity index (χ1n) is 41.2. The number of amides is 8. The SMILES string of the molecule is CC1OC(=O)C(C)OC1=O.CCOC(=O)C(C)(C)CC(c1ccccc1)n1cc(CN(CCC(=O)NCCCO)C(=O)CCCCCN2C(=O)[C@@H]3[C@H](C2=O)[C@H]2C=C[C@@H]3C2)nn1.CCOC(=O)C(C)(C)CC(c1ccccc1)n1cc(CN(CCC(=O)NCCCOC(=O)C(C)O)C(=O)CCCCCN2C(=O)[C@@H]3[C@H](C2=O)[C@H]2C=C[C@@H]3C2)nn1. The van der Waals surface area contributed by atoms with Crippen molar-refractivity contribution in [3.05, 3.63) is 120 Å². The van der Waals surface area contributed by atoms with Crippen LogP contribution in [0.15, 0.2) is 97.4 Å². The van der Waals surface area contributed by atoms with E-state index in [0.717, 1.165) is 24.0 Å². The van der Waals surface area contributed by atoms with Crippen molar-refractivity contribution in [1.29, 1.82) is 0 Å². The summed E-state index contributed by atoms with van der Waals surface area (Å²) >= 11 is 0. The van der Waals surface area contributed by atoms with Gasteiger partial charge in [0.1, 0.15) is 17.5 Å². The highest BCUT2D eigenvalue weighted by molar-refractivity contribution is 6.07. The molecule has 0 spiro atoms. The minimum atomic E-state index is -1.22. The van der Waals surface area contributed by atoms with Gasteiger partial charge in [-0.25, -0.2) is 23.7 Å². The molecule has 7 aliphatic rings. The van der Waals surface area contributed by atoms with Crippen LogP contribution in [0.25, 0.3) is 0 Å². The Labute approximate surface area is 682 Å². The number of nitrogens with one attached hydrogen (secondary N) is 2. The molecule has 5 heterocycles. The molecule has 2 aromatic carbocycles. The lowest BCUT2D eigenvalue weighted by molar-refractivity contribution is -0.191. The number of aliphatic hydroxyl groups excluding tert-OH is 2. The second-order valence-electron chi connectivity index (χ2n) is 32.4. The maximum atomic E-state index is 13.7. The maximum Gasteiger partial charge on any atom is 0.347 e. The largest absolute Gasteiger partial charge is 0.466 e. The Morgan fingerprint density at radius 1 is 0.530 bits per heavy atom. The normalized spacial score (nSPS) is 22.0. The number of esters is 5. The number of carbonyl (C=O) groups is 13. The van der Waals surface area contributed by atoms with Crippen molar-refractivity contribution in [2.45, 2.75) is 209 Å². The first kappa shape index (κ1) is 90.5. The number of hydrogen-bond acceptors (Lipinski definition) is 24. The smallest absolute Gasteiger partial charge is 0.347 e. The van der Waals surface area contributed by atoms with Crippen LogP contribution in [0.1, 0.15) is 200 Å². The highest BCUT2D eigenvalue weighted by atomic mass is 16.6. The molecule has 11 rings (SSSR count). The van der Waals surface area contributed by atoms with Crippen molar-refractivity contribution < 1.29 is 96.2 Å². The van der Waals surface area contributed by atoms with Gasteiger partial charge in [0.2, 0.25) is 47.3 Å². The minimum Gasteiger partial charge on any atom is -0.466 e. The number of likely N-dealkylation sites (tertiary alicyclic amines) is 2. The third-order valence-electron chi connectivity index (χ3n) is 22.6. The van der Waals surface area contributed by atoms with Crippen molar-refractivity contribution in [2.24, 2.45) is 58.2 Å². The topological polar surface area (TPSA) is 407 Å². The summed E-state index contributed by atoms with van der Waals surface area (Å²) in [5.41, 5.74) is 1.29. The van der Waals surface area contributed by atoms with Gasteiger partial charge in [0.15, 0.2) is 12.2 Å². The van der Waals surface area contributed by atoms with Gasteiger partial charge in [-0.1, -0.05) is 108 Å². The van der Waals surface area contributed by atoms with Crippen LogP contribution in [0.2, 0.25) is 0 Å². The number of imide groups is 2. The van der Waals surface area contributed by atoms with Crippen molar-refractivity contribution in [1.82, 2.24) is 60.2 Å². The monoisotopic (exact) mass is 1620 g/mol. The average molecular weight is 1630 g/mol. The molecule has 4 bridgehead atoms. The molecule has 3 saturated heterocycles. The number of unbranched alkanes of at least 4 members (excludes halogenated alkanes) is 4. The number of aliphatic hydroxyl groups is 2. The number of rotatable bonds is 42. The Hall–Kier alpha value is -10.4. The lowest BCUT2D eigenvalue weighted by Gasteiger charge is -2.28. The van der Waals surface area contributed by atoms with Gasteiger partial charge in [0, 0.05) is 71.6 Å². The molecule has 13 atom stereocenters. The van der Waals surface area contributed by atoms with Crippen LogP contribution in [0.3, 0.4) is 0 Å². The number of benzene rings is 2. The minimum absolute atomic E-state index is 0.0199. The molecular formula is C85H116N12O20. The van der Waals surface area contributed by atoms with Crippen LogP contribution < -0.4 is 10.6 Å². The molecule has 32 heteroatoms. The van der Waals surface area contributed by atoms with E-state index in [4.69, 9.17) is 19.3 Å². The number of hydrogen-bond donors (Lipinski definition) is 4. The molecule has 117 heavy (non-hydrogen) atoms. The fourth-order valence-electron chi connectivity index (χ4n) is 16.2. The van der Waals surface area contributed by atoms with E-state index in [1.54, 1.807) is 45.4 Å². The Kier molecular flexibility index (Phi) is 33.0. The van der Waals surface area contributed by atoms with Crippen LogP contribution >= 0.6 is 0 Å². The number of nitrogens with zero attached hydrogens (tertiary/aromatic N) is 10. The highest BCUT2D eigenvalue weighted by Crippen LogP contribution is 2.54. The summed E-state index contributed by atoms with van der Waals surface area (Å²) in [6.07, 6.45) is 16.7. The van der Waals surface area contributed by atoms with E-state index in [-0.39, 0.29) is 203 Å². The number of allylic oxidation sites excluding steroid dienone is 4. The molecule has 4 aliphatic carbocycles. The van der Waals surface area contributed by atoms with E-state index in [2.05, 4.69) is 65.0 Å². The van der Waals surface area contributed by atoms with Gasteiger partial charge in [-0.05, 0) is 161 Å². The highest BCUT2D eigenvalue weighted by Gasteiger charge is 2.60. The maximum absolute atomic E-state index is 13.7. The second-order valence-corrected chi connectivity index (χ2v) is 32.4. The third kappa shape index (κ3) is 24.2. The lowest BCUT2D eigenvalue weighted by Crippen LogP contribution is -2.40. The summed E-state index contributed by atoms with van der Waals surface area (Å²) in [6.45, 7) is 17.6. The lowest BCUT2D eigenvalue weighted by atomic mass is 9.83. The van der Waals surface area contributed by atoms with Crippen molar-refractivity contribution >= 4 is 77.1 Å². The molecule has 2 saturated carbocycles. The predicted octanol–water partition coefficient (Wildman–Crippen LogP) is 6.66. The average Bonchev–Trinajstić information content (AvgIpc) is 1.58. The number of cyclic esters (lactones) is 2. The van der Waals surface area contributed by atoms with E-state index in [9.17, 15) is 67.4 Å².